The fraction of sp³-hybridized carbons (Fsp3) is 0.465. The van der Waals surface area contributed by atoms with E-state index in [1.165, 1.54) is 112 Å². The van der Waals surface area contributed by atoms with Gasteiger partial charge in [-0.15, -0.1) is 10.2 Å². The number of aromatic nitrogens is 2. The van der Waals surface area contributed by atoms with Gasteiger partial charge in [-0.2, -0.15) is 33.7 Å². The average Bonchev–Trinajstić information content (AvgIpc) is 0.791. The van der Waals surface area contributed by atoms with Crippen LogP contribution in [-0.2, 0) is 427 Å². The maximum atomic E-state index is 13.5. The molecule has 2 unspecified atom stereocenters. The first-order valence-corrected chi connectivity index (χ1v) is 37.8. The molecule has 7 N–H and O–H groups in total. The Labute approximate surface area is 960 Å². The van der Waals surface area contributed by atoms with Crippen LogP contribution in [0, 0.1) is 55.8 Å². The third-order valence-corrected chi connectivity index (χ3v) is 21.8. The number of sulfonamides is 3. The second-order valence-corrected chi connectivity index (χ2v) is 29.6. The predicted molar refractivity (Wildman–Crippen MR) is 395 cm³/mol. The minimum Gasteiger partial charge on any atom is -0.493 e. The van der Waals surface area contributed by atoms with Crippen molar-refractivity contribution < 1.29 is 440 Å². The van der Waals surface area contributed by atoms with Gasteiger partial charge in [-0.25, -0.2) is 34.8 Å². The van der Waals surface area contributed by atoms with Gasteiger partial charge in [0, 0.05) is 447 Å². The van der Waals surface area contributed by atoms with Crippen LogP contribution in [0.15, 0.2) is 142 Å². The number of nitrogens with zero attached hydrogens (tertiary/aromatic N) is 11. The minimum absolute atomic E-state index is 0. The van der Waals surface area contributed by atoms with E-state index in [0.717, 1.165) is 68.8 Å². The summed E-state index contributed by atoms with van der Waals surface area (Å²) in [5.41, 5.74) is 0.199. The molecule has 11 radical (unpaired) electrons. The first-order valence-electron chi connectivity index (χ1n) is 33.5. The topological polar surface area (TPSA) is 456 Å². The number of hydrogen-bond acceptors (Lipinski definition) is 25. The summed E-state index contributed by atoms with van der Waals surface area (Å²) in [6.45, 7) is 20.0. The zero-order valence-corrected chi connectivity index (χ0v) is 101. The Bertz CT molecular complexity index is 4370. The largest absolute Gasteiger partial charge is 0.493 e. The van der Waals surface area contributed by atoms with Gasteiger partial charge < -0.3 is 52.9 Å². The van der Waals surface area contributed by atoms with Gasteiger partial charge in [-0.3, -0.25) is 23.5 Å². The maximum Gasteiger partial charge on any atom is 0.333 e. The number of ether oxygens (including phenoxy) is 2. The Morgan fingerprint density at radius 2 is 0.767 bits per heavy atom. The van der Waals surface area contributed by atoms with Crippen molar-refractivity contribution in [3.63, 3.8) is 0 Å². The molecule has 3 aromatic carbocycles. The number of carbonyl (C=O) groups excluding carboxylic acids is 3. The summed E-state index contributed by atoms with van der Waals surface area (Å²) in [6, 6.07) is 20.4. The Morgan fingerprint density at radius 1 is 0.491 bits per heavy atom. The number of anilines is 1. The van der Waals surface area contributed by atoms with Gasteiger partial charge in [-0.1, -0.05) is 79.4 Å². The Hall–Kier alpha value is 2.94. The van der Waals surface area contributed by atoms with Crippen molar-refractivity contribution in [2.75, 3.05) is 84.2 Å². The average molecular weight is 2500 g/mol. The molecule has 1 amide bonds. The van der Waals surface area contributed by atoms with Crippen LogP contribution in [0.2, 0.25) is 0 Å². The number of aromatic hydroxyl groups is 2. The van der Waals surface area contributed by atoms with Gasteiger partial charge in [0.25, 0.3) is 11.1 Å². The van der Waals surface area contributed by atoms with E-state index in [1.54, 1.807) is 0 Å². The van der Waals surface area contributed by atoms with Crippen molar-refractivity contribution in [2.45, 2.75) is 141 Å². The van der Waals surface area contributed by atoms with Gasteiger partial charge in [0.05, 0.1) is 52.5 Å². The summed E-state index contributed by atoms with van der Waals surface area (Å²) in [5.74, 6) is -2.13. The predicted octanol–water partition coefficient (Wildman–Crippen LogP) is 8.98. The number of rotatable bonds is 39. The van der Waals surface area contributed by atoms with Crippen LogP contribution in [0.3, 0.4) is 0 Å². The normalized spacial score (nSPS) is 11.0. The fourth-order valence-electron chi connectivity index (χ4n) is 9.98. The van der Waals surface area contributed by atoms with E-state index in [1.807, 2.05) is 26.0 Å². The number of benzene rings is 3. The van der Waals surface area contributed by atoms with E-state index in [9.17, 15) is 70.0 Å². The fourth-order valence-corrected chi connectivity index (χ4v) is 14.2. The third kappa shape index (κ3) is 45.0. The van der Waals surface area contributed by atoms with Crippen molar-refractivity contribution in [3.05, 3.63) is 147 Å². The number of hydrogen-bond donors (Lipinski definition) is 7. The van der Waals surface area contributed by atoms with Crippen molar-refractivity contribution in [3.8, 4) is 23.9 Å². The quantitative estimate of drug-likeness (QED) is 0.00834. The molecule has 0 spiro atoms. The van der Waals surface area contributed by atoms with E-state index < -0.39 is 72.2 Å². The molecule has 31 nitrogen and oxygen atoms in total. The number of amides is 1. The van der Waals surface area contributed by atoms with Crippen molar-refractivity contribution >= 4 is 76.4 Å². The Morgan fingerprint density at radius 3 is 1.01 bits per heavy atom. The first-order chi connectivity index (χ1) is 49.2. The van der Waals surface area contributed by atoms with Gasteiger partial charge in [0.2, 0.25) is 47.7 Å². The zero-order chi connectivity index (χ0) is 78.1. The minimum atomic E-state index is -4.16. The molecule has 0 bridgehead atoms. The van der Waals surface area contributed by atoms with Gasteiger partial charge >= 0.3 is 11.9 Å². The standard InChI is InChI=1S/C33H43N5O8S.C25H35N5O6S.C12H18N2O5S.CH3.11Y/c1-8-10-11-25(9-2)21-38-30(39)28(20-34)24(7)29(31(38)40)36-35-26-12-14-27(15-13-26)47(43,44)37(16-18-45-32(41)22(3)4)17-19-46-33(42)23(5)6;1-4-6-7-19(5-2)17-30-24(33)22(16-26)18(3)23(25(30)34)28-27-20-8-10-21(11-9-20)37(35,36)29(12-14-31)13-15-32;1-10(17)13-11-2-4-12(5-3-11)20(18,19)14(6-8-15)7-9-16;;;;;;;;;;;;/h12-15,25,39H,3,5,8-11,16-19,21H2,1-2,4,6-7H3;8-11,19,31-33H,4-7,12-15,17H2,1-3H3;2-5,15-16H,6-9H2,1H3,(H,13,17);1H3;;;;;;;;;;;/q;;;-1;;;;;;;;;;;. The van der Waals surface area contributed by atoms with Gasteiger partial charge in [0.1, 0.15) is 36.5 Å². The Balaban J connectivity index is -0.000000184. The molecule has 0 aliphatic heterocycles. The van der Waals surface area contributed by atoms with Crippen molar-refractivity contribution in [1.82, 2.24) is 22.0 Å². The first kappa shape index (κ1) is 139. The van der Waals surface area contributed by atoms with Crippen LogP contribution in [0.25, 0.3) is 0 Å². The van der Waals surface area contributed by atoms with E-state index >= 15 is 0 Å². The number of carbonyl (C=O) groups is 3. The summed E-state index contributed by atoms with van der Waals surface area (Å²) in [4.78, 5) is 61.0. The molecule has 0 aliphatic rings. The van der Waals surface area contributed by atoms with E-state index in [2.05, 4.69) is 52.8 Å². The number of nitriles is 2. The number of unbranched alkanes of at least 4 members (excludes halogenated alkanes) is 2. The summed E-state index contributed by atoms with van der Waals surface area (Å²) in [5, 5.41) is 95.6. The molecule has 0 fully saturated rings. The second kappa shape index (κ2) is 73.7. The molecular weight excluding hydrogens is 2400 g/mol. The summed E-state index contributed by atoms with van der Waals surface area (Å²) < 4.78 is 92.5. The van der Waals surface area contributed by atoms with E-state index in [0.29, 0.717) is 5.69 Å². The van der Waals surface area contributed by atoms with Gasteiger partial charge in [-0.05, 0) is 125 Å². The second-order valence-electron chi connectivity index (χ2n) is 23.8. The molecule has 0 saturated carbocycles. The van der Waals surface area contributed by atoms with E-state index in [-0.39, 0.29) is 540 Å². The molecule has 116 heavy (non-hydrogen) atoms. The van der Waals surface area contributed by atoms with Crippen LogP contribution in [0.1, 0.15) is 122 Å². The smallest absolute Gasteiger partial charge is 0.333 e. The van der Waals surface area contributed by atoms with Crippen molar-refractivity contribution in [2.24, 2.45) is 32.3 Å². The number of azo groups is 2. The van der Waals surface area contributed by atoms with Crippen LogP contribution in [-0.4, -0.2) is 175 Å². The molecule has 0 aliphatic carbocycles. The van der Waals surface area contributed by atoms with Crippen LogP contribution >= 0.6 is 0 Å². The van der Waals surface area contributed by atoms with Crippen LogP contribution in [0.5, 0.6) is 11.8 Å². The third-order valence-electron chi connectivity index (χ3n) is 16.0. The maximum absolute atomic E-state index is 13.5. The molecule has 5 rings (SSSR count). The van der Waals surface area contributed by atoms with Gasteiger partial charge in [0.15, 0.2) is 11.4 Å². The van der Waals surface area contributed by atoms with Crippen LogP contribution in [0.4, 0.5) is 28.4 Å². The summed E-state index contributed by atoms with van der Waals surface area (Å²) in [6.07, 6.45) is 7.28. The molecule has 0 saturated heterocycles. The number of aliphatic hydroxyl groups excluding tert-OH is 4. The van der Waals surface area contributed by atoms with Crippen LogP contribution < -0.4 is 16.4 Å². The molecule has 609 valence electrons. The Kier molecular flexibility index (Phi) is 88.6. The molecule has 5 aromatic rings. The SMILES string of the molecule is C=C(C)C(=O)OCCN(CCOC(=O)C(=C)C)S(=O)(=O)c1ccc(N=Nc2c(C)c(C#N)c(O)n(CC(CC)CCCC)c2=O)cc1.CC(=O)Nc1ccc(S(=O)(=O)N(CCO)CCO)cc1.CCCCC(CC)Cn1c(O)c(C#N)c(C)c(N=Nc2ccc(S(=O)(=O)N(CCO)CCO)cc2)c1=O.[CH3-].[Y].[Y].[Y].[Y].[Y].[Y].[Y].[Y].[Y].[Y].[Y]. The molecule has 2 aromatic heterocycles. The van der Waals surface area contributed by atoms with Crippen molar-refractivity contribution in [1.29, 1.82) is 10.5 Å². The number of esters is 2. The molecule has 2 heterocycles. The number of aliphatic hydroxyl groups is 4. The zero-order valence-electron chi connectivity index (χ0n) is 67.5. The molecule has 45 heteroatoms. The van der Waals surface area contributed by atoms with E-state index in [4.69, 9.17) is 29.9 Å². The summed E-state index contributed by atoms with van der Waals surface area (Å²) in [7, 11) is -11.9. The summed E-state index contributed by atoms with van der Waals surface area (Å²) >= 11 is 0. The monoisotopic (exact) mass is 2500 g/mol. The number of pyridine rings is 2. The number of nitrogens with one attached hydrogen (secondary N) is 1. The molecular formula is C71H99N12O19S3Y11-. The molecule has 2 atom stereocenters.